The highest BCUT2D eigenvalue weighted by Crippen LogP contribution is 2.39. The van der Waals surface area contributed by atoms with Crippen LogP contribution < -0.4 is 5.73 Å². The van der Waals surface area contributed by atoms with Gasteiger partial charge >= 0.3 is 0 Å². The fourth-order valence-electron chi connectivity index (χ4n) is 2.39. The molecule has 1 fully saturated rings. The summed E-state index contributed by atoms with van der Waals surface area (Å²) in [6.45, 7) is 2.68. The number of rotatable bonds is 3. The molecule has 0 aromatic heterocycles. The van der Waals surface area contributed by atoms with E-state index in [1.54, 1.807) is 11.8 Å². The molecule has 0 radical (unpaired) electrons. The van der Waals surface area contributed by atoms with Crippen LogP contribution in [-0.4, -0.2) is 28.4 Å². The van der Waals surface area contributed by atoms with Crippen LogP contribution >= 0.6 is 11.8 Å². The van der Waals surface area contributed by atoms with Crippen LogP contribution in [0.1, 0.15) is 25.3 Å². The van der Waals surface area contributed by atoms with Gasteiger partial charge in [-0.1, -0.05) is 12.1 Å². The van der Waals surface area contributed by atoms with Gasteiger partial charge in [-0.2, -0.15) is 0 Å². The molecule has 1 aromatic rings. The van der Waals surface area contributed by atoms with E-state index >= 15 is 0 Å². The Labute approximate surface area is 113 Å². The van der Waals surface area contributed by atoms with E-state index in [9.17, 15) is 4.79 Å². The second kappa shape index (κ2) is 5.22. The smallest absolute Gasteiger partial charge is 0.238 e. The molecule has 1 aliphatic rings. The molecular formula is C14H20N2OS. The van der Waals surface area contributed by atoms with E-state index in [1.807, 2.05) is 36.2 Å². The molecule has 0 spiro atoms. The van der Waals surface area contributed by atoms with E-state index in [1.165, 1.54) is 0 Å². The average Bonchev–Trinajstić information content (AvgIpc) is 2.76. The van der Waals surface area contributed by atoms with Crippen molar-refractivity contribution in [1.82, 2.24) is 4.90 Å². The van der Waals surface area contributed by atoms with Gasteiger partial charge in [0.15, 0.2) is 0 Å². The Bertz CT molecular complexity index is 441. The minimum Gasteiger partial charge on any atom is -0.399 e. The summed E-state index contributed by atoms with van der Waals surface area (Å²) in [5.74, 6) is 1.32. The third-order valence-electron chi connectivity index (χ3n) is 3.39. The molecule has 18 heavy (non-hydrogen) atoms. The molecule has 0 saturated carbocycles. The molecule has 3 nitrogen and oxygen atoms in total. The molecule has 1 saturated heterocycles. The summed E-state index contributed by atoms with van der Waals surface area (Å²) in [7, 11) is 1.87. The summed E-state index contributed by atoms with van der Waals surface area (Å²) < 4.78 is -0.227. The maximum absolute atomic E-state index is 12.4. The van der Waals surface area contributed by atoms with Crippen LogP contribution in [0.3, 0.4) is 0 Å². The van der Waals surface area contributed by atoms with Crippen LogP contribution in [-0.2, 0) is 11.3 Å². The third-order valence-corrected chi connectivity index (χ3v) is 4.90. The Balaban J connectivity index is 2.03. The molecule has 1 unspecified atom stereocenters. The first-order chi connectivity index (χ1) is 8.51. The number of nitrogens with two attached hydrogens (primary N) is 1. The minimum absolute atomic E-state index is 0.227. The van der Waals surface area contributed by atoms with Gasteiger partial charge in [0.2, 0.25) is 5.91 Å². The van der Waals surface area contributed by atoms with E-state index in [0.717, 1.165) is 29.8 Å². The zero-order valence-corrected chi connectivity index (χ0v) is 11.8. The van der Waals surface area contributed by atoms with Crippen molar-refractivity contribution in [2.45, 2.75) is 31.1 Å². The van der Waals surface area contributed by atoms with Crippen molar-refractivity contribution in [1.29, 1.82) is 0 Å². The van der Waals surface area contributed by atoms with Crippen LogP contribution in [0.5, 0.6) is 0 Å². The van der Waals surface area contributed by atoms with Crippen LogP contribution in [0.2, 0.25) is 0 Å². The number of hydrogen-bond donors (Lipinski definition) is 1. The highest BCUT2D eigenvalue weighted by molar-refractivity contribution is 8.01. The SMILES string of the molecule is CN(Cc1cccc(N)c1)C(=O)C1(C)CCCS1. The molecule has 1 heterocycles. The molecule has 0 aliphatic carbocycles. The maximum Gasteiger partial charge on any atom is 0.238 e. The van der Waals surface area contributed by atoms with Crippen molar-refractivity contribution in [3.8, 4) is 0 Å². The van der Waals surface area contributed by atoms with Gasteiger partial charge in [0, 0.05) is 19.3 Å². The van der Waals surface area contributed by atoms with E-state index in [2.05, 4.69) is 6.92 Å². The van der Waals surface area contributed by atoms with Crippen molar-refractivity contribution in [3.05, 3.63) is 29.8 Å². The van der Waals surface area contributed by atoms with Crippen LogP contribution in [0, 0.1) is 0 Å². The Morgan fingerprint density at radius 3 is 2.94 bits per heavy atom. The van der Waals surface area contributed by atoms with Crippen LogP contribution in [0.25, 0.3) is 0 Å². The van der Waals surface area contributed by atoms with Crippen molar-refractivity contribution < 1.29 is 4.79 Å². The lowest BCUT2D eigenvalue weighted by Crippen LogP contribution is -2.41. The Morgan fingerprint density at radius 1 is 1.56 bits per heavy atom. The predicted molar refractivity (Wildman–Crippen MR) is 77.4 cm³/mol. The average molecular weight is 264 g/mol. The summed E-state index contributed by atoms with van der Waals surface area (Å²) in [6.07, 6.45) is 2.12. The van der Waals surface area contributed by atoms with Gasteiger partial charge in [0.25, 0.3) is 0 Å². The first-order valence-electron chi connectivity index (χ1n) is 6.25. The topological polar surface area (TPSA) is 46.3 Å². The number of anilines is 1. The highest BCUT2D eigenvalue weighted by Gasteiger charge is 2.38. The number of amides is 1. The van der Waals surface area contributed by atoms with Gasteiger partial charge in [-0.25, -0.2) is 0 Å². The third kappa shape index (κ3) is 2.80. The molecule has 1 aromatic carbocycles. The zero-order valence-electron chi connectivity index (χ0n) is 11.0. The van der Waals surface area contributed by atoms with E-state index in [4.69, 9.17) is 5.73 Å². The predicted octanol–water partition coefficient (Wildman–Crippen LogP) is 2.51. The molecule has 98 valence electrons. The molecule has 1 atom stereocenters. The lowest BCUT2D eigenvalue weighted by Gasteiger charge is -2.28. The molecule has 0 bridgehead atoms. The van der Waals surface area contributed by atoms with E-state index in [-0.39, 0.29) is 10.7 Å². The maximum atomic E-state index is 12.4. The first kappa shape index (κ1) is 13.3. The monoisotopic (exact) mass is 264 g/mol. The fraction of sp³-hybridized carbons (Fsp3) is 0.500. The number of benzene rings is 1. The lowest BCUT2D eigenvalue weighted by molar-refractivity contribution is -0.132. The number of thioether (sulfide) groups is 1. The molecule has 1 aliphatic heterocycles. The van der Waals surface area contributed by atoms with Crippen LogP contribution in [0.4, 0.5) is 5.69 Å². The summed E-state index contributed by atoms with van der Waals surface area (Å²) in [5.41, 5.74) is 7.58. The summed E-state index contributed by atoms with van der Waals surface area (Å²) >= 11 is 1.78. The van der Waals surface area contributed by atoms with Crippen LogP contribution in [0.15, 0.2) is 24.3 Å². The second-order valence-electron chi connectivity index (χ2n) is 5.09. The van der Waals surface area contributed by atoms with Gasteiger partial charge in [0.05, 0.1) is 4.75 Å². The van der Waals surface area contributed by atoms with E-state index < -0.39 is 0 Å². The van der Waals surface area contributed by atoms with Gasteiger partial charge in [-0.15, -0.1) is 11.8 Å². The number of hydrogen-bond acceptors (Lipinski definition) is 3. The fourth-order valence-corrected chi connectivity index (χ4v) is 3.70. The number of nitrogens with zero attached hydrogens (tertiary/aromatic N) is 1. The zero-order chi connectivity index (χ0) is 13.2. The number of nitrogen functional groups attached to an aromatic ring is 1. The molecule has 2 rings (SSSR count). The molecular weight excluding hydrogens is 244 g/mol. The van der Waals surface area contributed by atoms with Gasteiger partial charge in [-0.3, -0.25) is 4.79 Å². The Kier molecular flexibility index (Phi) is 3.85. The largest absolute Gasteiger partial charge is 0.399 e. The molecule has 1 amide bonds. The van der Waals surface area contributed by atoms with Gasteiger partial charge in [0.1, 0.15) is 0 Å². The molecule has 2 N–H and O–H groups in total. The minimum atomic E-state index is -0.227. The van der Waals surface area contributed by atoms with E-state index in [0.29, 0.717) is 6.54 Å². The number of carbonyl (C=O) groups excluding carboxylic acids is 1. The number of carbonyl (C=O) groups is 1. The quantitative estimate of drug-likeness (QED) is 0.853. The highest BCUT2D eigenvalue weighted by atomic mass is 32.2. The van der Waals surface area contributed by atoms with Crippen molar-refractivity contribution in [2.75, 3.05) is 18.5 Å². The van der Waals surface area contributed by atoms with Gasteiger partial charge in [-0.05, 0) is 43.2 Å². The Morgan fingerprint density at radius 2 is 2.33 bits per heavy atom. The van der Waals surface area contributed by atoms with Crippen molar-refractivity contribution in [3.63, 3.8) is 0 Å². The van der Waals surface area contributed by atoms with Crippen molar-refractivity contribution >= 4 is 23.4 Å². The van der Waals surface area contributed by atoms with Crippen molar-refractivity contribution in [2.24, 2.45) is 0 Å². The summed E-state index contributed by atoms with van der Waals surface area (Å²) in [4.78, 5) is 14.2. The summed E-state index contributed by atoms with van der Waals surface area (Å²) in [5, 5.41) is 0. The molecule has 4 heteroatoms. The lowest BCUT2D eigenvalue weighted by atomic mass is 10.0. The second-order valence-corrected chi connectivity index (χ2v) is 6.69. The van der Waals surface area contributed by atoms with Gasteiger partial charge < -0.3 is 10.6 Å². The first-order valence-corrected chi connectivity index (χ1v) is 7.24. The normalized spacial score (nSPS) is 23.0. The standard InChI is InChI=1S/C14H20N2OS/c1-14(7-4-8-18-14)13(17)16(2)10-11-5-3-6-12(15)9-11/h3,5-6,9H,4,7-8,10,15H2,1-2H3. The Hall–Kier alpha value is -1.16. The summed E-state index contributed by atoms with van der Waals surface area (Å²) in [6, 6.07) is 7.71.